The van der Waals surface area contributed by atoms with Gasteiger partial charge in [0.1, 0.15) is 11.2 Å². The average molecular weight is 507 g/mol. The number of hydrogen-bond acceptors (Lipinski definition) is 5. The second kappa shape index (κ2) is 8.99. The van der Waals surface area contributed by atoms with Crippen molar-refractivity contribution in [3.05, 3.63) is 40.2 Å². The van der Waals surface area contributed by atoms with Gasteiger partial charge in [-0.25, -0.2) is 9.50 Å². The normalized spacial score (nSPS) is 19.9. The quantitative estimate of drug-likeness (QED) is 0.384. The number of carbonyl (C=O) groups is 1. The number of piperidine rings is 1. The largest absolute Gasteiger partial charge is 0.346 e. The summed E-state index contributed by atoms with van der Waals surface area (Å²) in [6, 6.07) is 2.31. The van der Waals surface area contributed by atoms with Gasteiger partial charge in [-0.15, -0.1) is 11.3 Å². The Kier molecular flexibility index (Phi) is 5.91. The number of amides is 1. The molecule has 4 aromatic heterocycles. The van der Waals surface area contributed by atoms with E-state index in [9.17, 15) is 4.79 Å². The number of thiophene rings is 1. The lowest BCUT2D eigenvalue weighted by atomic mass is 9.90. The lowest BCUT2D eigenvalue weighted by Gasteiger charge is -2.34. The van der Waals surface area contributed by atoms with Crippen LogP contribution in [0.1, 0.15) is 74.4 Å². The molecule has 2 saturated heterocycles. The summed E-state index contributed by atoms with van der Waals surface area (Å²) < 4.78 is 1.88. The van der Waals surface area contributed by atoms with Crippen LogP contribution < -0.4 is 0 Å². The maximum atomic E-state index is 13.1. The highest BCUT2D eigenvalue weighted by Gasteiger charge is 2.34. The summed E-state index contributed by atoms with van der Waals surface area (Å²) in [5.41, 5.74) is 7.19. The van der Waals surface area contributed by atoms with Gasteiger partial charge in [-0.2, -0.15) is 5.10 Å². The van der Waals surface area contributed by atoms with Crippen molar-refractivity contribution >= 4 is 33.1 Å². The number of hydrogen-bond donors (Lipinski definition) is 1. The van der Waals surface area contributed by atoms with Crippen LogP contribution >= 0.6 is 11.3 Å². The van der Waals surface area contributed by atoms with E-state index < -0.39 is 0 Å². The van der Waals surface area contributed by atoms with Gasteiger partial charge >= 0.3 is 0 Å². The molecule has 0 spiro atoms. The maximum Gasteiger partial charge on any atom is 0.239 e. The van der Waals surface area contributed by atoms with Crippen LogP contribution in [0, 0.1) is 13.8 Å². The van der Waals surface area contributed by atoms with Gasteiger partial charge < -0.3 is 9.88 Å². The summed E-state index contributed by atoms with van der Waals surface area (Å²) in [7, 11) is 2.09. The monoisotopic (exact) mass is 506 g/mol. The van der Waals surface area contributed by atoms with E-state index in [4.69, 9.17) is 0 Å². The average Bonchev–Trinajstić information content (AvgIpc) is 3.63. The Morgan fingerprint density at radius 3 is 2.67 bits per heavy atom. The van der Waals surface area contributed by atoms with Crippen LogP contribution in [-0.4, -0.2) is 68.0 Å². The number of aryl methyl sites for hydroxylation is 2. The van der Waals surface area contributed by atoms with Gasteiger partial charge in [0.05, 0.1) is 11.7 Å². The molecule has 6 rings (SSSR count). The van der Waals surface area contributed by atoms with E-state index in [0.29, 0.717) is 17.7 Å². The number of pyridine rings is 1. The Bertz CT molecular complexity index is 1440. The SMILES string of the molecule is Cc1c(C2CCN(C(=O)[C@H]3CCCN3C)CC2)sc2[nH]c(-c3cc(C)c4ncnn4c3)c(C(C)C)c12.[HH]. The molecule has 7 nitrogen and oxygen atoms in total. The minimum absolute atomic E-state index is 0. The summed E-state index contributed by atoms with van der Waals surface area (Å²) in [5, 5.41) is 5.78. The molecule has 0 aliphatic carbocycles. The first kappa shape index (κ1) is 23.7. The lowest BCUT2D eigenvalue weighted by molar-refractivity contribution is -0.136. The maximum absolute atomic E-state index is 13.1. The molecular formula is C28H38N6OS. The number of aromatic amines is 1. The second-order valence-electron chi connectivity index (χ2n) is 11.0. The molecule has 2 aliphatic heterocycles. The highest BCUT2D eigenvalue weighted by atomic mass is 32.1. The third-order valence-electron chi connectivity index (χ3n) is 8.37. The fraction of sp³-hybridized carbons (Fsp3) is 0.536. The Labute approximate surface area is 218 Å². The molecule has 6 heterocycles. The van der Waals surface area contributed by atoms with E-state index in [1.54, 1.807) is 6.33 Å². The fourth-order valence-electron chi connectivity index (χ4n) is 6.47. The van der Waals surface area contributed by atoms with Gasteiger partial charge in [-0.3, -0.25) is 9.69 Å². The van der Waals surface area contributed by atoms with Gasteiger partial charge in [-0.05, 0) is 87.7 Å². The van der Waals surface area contributed by atoms with E-state index in [2.05, 4.69) is 71.9 Å². The number of nitrogens with zero attached hydrogens (tertiary/aromatic N) is 5. The van der Waals surface area contributed by atoms with Crippen molar-refractivity contribution < 1.29 is 6.22 Å². The van der Waals surface area contributed by atoms with E-state index in [-0.39, 0.29) is 7.47 Å². The topological polar surface area (TPSA) is 69.5 Å². The minimum Gasteiger partial charge on any atom is -0.346 e. The van der Waals surface area contributed by atoms with Crippen LogP contribution in [0.2, 0.25) is 0 Å². The first-order valence-electron chi connectivity index (χ1n) is 13.3. The zero-order valence-electron chi connectivity index (χ0n) is 22.0. The smallest absolute Gasteiger partial charge is 0.239 e. The van der Waals surface area contributed by atoms with E-state index >= 15 is 0 Å². The number of likely N-dealkylation sites (N-methyl/N-ethyl adjacent to an activating group) is 1. The summed E-state index contributed by atoms with van der Waals surface area (Å²) in [6.45, 7) is 11.8. The number of likely N-dealkylation sites (tertiary alicyclic amines) is 2. The first-order valence-corrected chi connectivity index (χ1v) is 14.1. The molecule has 0 aromatic carbocycles. The van der Waals surface area contributed by atoms with Crippen LogP contribution in [0.15, 0.2) is 18.6 Å². The number of carbonyl (C=O) groups excluding carboxylic acids is 1. The molecule has 192 valence electrons. The van der Waals surface area contributed by atoms with Crippen LogP contribution in [0.5, 0.6) is 0 Å². The third-order valence-corrected chi connectivity index (χ3v) is 9.74. The highest BCUT2D eigenvalue weighted by molar-refractivity contribution is 7.19. The Balaban J connectivity index is 0.00000280. The molecule has 2 aliphatic rings. The van der Waals surface area contributed by atoms with Crippen LogP contribution in [-0.2, 0) is 4.79 Å². The molecular weight excluding hydrogens is 468 g/mol. The van der Waals surface area contributed by atoms with Crippen molar-refractivity contribution in [1.29, 1.82) is 0 Å². The molecule has 4 aromatic rings. The molecule has 1 N–H and O–H groups in total. The van der Waals surface area contributed by atoms with Gasteiger partial charge in [0, 0.05) is 36.5 Å². The van der Waals surface area contributed by atoms with Crippen molar-refractivity contribution in [2.24, 2.45) is 0 Å². The first-order chi connectivity index (χ1) is 17.3. The standard InChI is InChI=1S/C28H36N6OS.H2/c1-16(2)22-23-18(4)25(19-8-11-33(12-9-19)28(35)21-7-6-10-32(21)5)36-27(23)31-24(22)20-13-17(3)26-29-15-30-34(26)14-20;/h13-16,19,21,31H,6-12H2,1-5H3;1H/t21-;/m1./s1. The summed E-state index contributed by atoms with van der Waals surface area (Å²) >= 11 is 1.92. The van der Waals surface area contributed by atoms with Gasteiger partial charge in [0.2, 0.25) is 5.91 Å². The van der Waals surface area contributed by atoms with Crippen molar-refractivity contribution in [3.63, 3.8) is 0 Å². The predicted molar refractivity (Wildman–Crippen MR) is 148 cm³/mol. The van der Waals surface area contributed by atoms with Crippen molar-refractivity contribution in [2.75, 3.05) is 26.7 Å². The number of nitrogens with one attached hydrogen (secondary N) is 1. The van der Waals surface area contributed by atoms with Crippen molar-refractivity contribution in [2.45, 2.75) is 71.3 Å². The van der Waals surface area contributed by atoms with E-state index in [1.165, 1.54) is 31.9 Å². The van der Waals surface area contributed by atoms with Crippen LogP contribution in [0.4, 0.5) is 0 Å². The second-order valence-corrected chi connectivity index (χ2v) is 12.1. The summed E-state index contributed by atoms with van der Waals surface area (Å²) in [5.74, 6) is 1.26. The van der Waals surface area contributed by atoms with Crippen molar-refractivity contribution in [1.82, 2.24) is 29.4 Å². The number of fused-ring (bicyclic) bond motifs is 2. The van der Waals surface area contributed by atoms with E-state index in [1.807, 2.05) is 15.9 Å². The number of rotatable bonds is 4. The molecule has 0 saturated carbocycles. The summed E-state index contributed by atoms with van der Waals surface area (Å²) in [6.07, 6.45) is 7.95. The van der Waals surface area contributed by atoms with Crippen molar-refractivity contribution in [3.8, 4) is 11.3 Å². The van der Waals surface area contributed by atoms with Crippen LogP contribution in [0.3, 0.4) is 0 Å². The molecule has 8 heteroatoms. The molecule has 0 radical (unpaired) electrons. The molecule has 0 unspecified atom stereocenters. The van der Waals surface area contributed by atoms with Gasteiger partial charge in [0.25, 0.3) is 0 Å². The third kappa shape index (κ3) is 3.77. The highest BCUT2D eigenvalue weighted by Crippen LogP contribution is 2.46. The lowest BCUT2D eigenvalue weighted by Crippen LogP contribution is -2.47. The fourth-order valence-corrected chi connectivity index (χ4v) is 7.86. The number of aromatic nitrogens is 4. The Morgan fingerprint density at radius 2 is 1.97 bits per heavy atom. The molecule has 0 bridgehead atoms. The Morgan fingerprint density at radius 1 is 1.19 bits per heavy atom. The van der Waals surface area contributed by atoms with Gasteiger partial charge in [0.15, 0.2) is 5.65 Å². The van der Waals surface area contributed by atoms with Gasteiger partial charge in [-0.1, -0.05) is 13.8 Å². The molecule has 1 atom stereocenters. The number of H-pyrrole nitrogens is 1. The molecule has 36 heavy (non-hydrogen) atoms. The predicted octanol–water partition coefficient (Wildman–Crippen LogP) is 5.73. The zero-order chi connectivity index (χ0) is 25.1. The van der Waals surface area contributed by atoms with E-state index in [0.717, 1.165) is 62.1 Å². The zero-order valence-corrected chi connectivity index (χ0v) is 22.8. The molecule has 2 fully saturated rings. The Hall–Kier alpha value is -2.71. The molecule has 1 amide bonds. The van der Waals surface area contributed by atoms with Crippen LogP contribution in [0.25, 0.3) is 27.1 Å². The minimum atomic E-state index is 0. The summed E-state index contributed by atoms with van der Waals surface area (Å²) in [4.78, 5) is 28.4.